The lowest BCUT2D eigenvalue weighted by Gasteiger charge is -2.33. The molecule has 0 aromatic heterocycles. The molecule has 0 aliphatic heterocycles. The summed E-state index contributed by atoms with van der Waals surface area (Å²) in [6.07, 6.45) is 3.16. The van der Waals surface area contributed by atoms with Crippen LogP contribution in [0.4, 0.5) is 5.69 Å². The van der Waals surface area contributed by atoms with Crippen molar-refractivity contribution in [1.82, 2.24) is 10.2 Å². The van der Waals surface area contributed by atoms with Crippen molar-refractivity contribution in [2.75, 3.05) is 23.7 Å². The fourth-order valence-corrected chi connectivity index (χ4v) is 5.12. The Morgan fingerprint density at radius 2 is 1.64 bits per heavy atom. The molecule has 0 saturated heterocycles. The van der Waals surface area contributed by atoms with E-state index in [4.69, 9.17) is 23.2 Å². The quantitative estimate of drug-likeness (QED) is 0.369. The molecule has 0 bridgehead atoms. The Morgan fingerprint density at radius 1 is 1.00 bits per heavy atom. The number of halogens is 2. The summed E-state index contributed by atoms with van der Waals surface area (Å²) in [4.78, 5) is 28.2. The molecular formula is C26H35Cl2N3O4S. The minimum atomic E-state index is -3.79. The molecule has 0 aliphatic carbocycles. The molecular weight excluding hydrogens is 521 g/mol. The molecule has 0 heterocycles. The van der Waals surface area contributed by atoms with Crippen molar-refractivity contribution in [1.29, 1.82) is 0 Å². The SMILES string of the molecule is CCCCNC(=O)[C@@H](CC)N(Cc1ccc(Cl)c(Cl)c1)C(=O)CN(c1cc(C)cc(C)c1)S(C)(=O)=O. The summed E-state index contributed by atoms with van der Waals surface area (Å²) >= 11 is 12.2. The Morgan fingerprint density at radius 3 is 2.17 bits per heavy atom. The molecule has 2 amide bonds. The summed E-state index contributed by atoms with van der Waals surface area (Å²) in [5.41, 5.74) is 2.83. The maximum Gasteiger partial charge on any atom is 0.244 e. The Kier molecular flexibility index (Phi) is 11.1. The van der Waals surface area contributed by atoms with Gasteiger partial charge < -0.3 is 10.2 Å². The number of carbonyl (C=O) groups excluding carboxylic acids is 2. The van der Waals surface area contributed by atoms with Crippen LogP contribution >= 0.6 is 23.2 Å². The van der Waals surface area contributed by atoms with Gasteiger partial charge in [0.25, 0.3) is 0 Å². The predicted octanol–water partition coefficient (Wildman–Crippen LogP) is 5.10. The standard InChI is InChI=1S/C26H35Cl2N3O4S/c1-6-8-11-29-26(33)24(7-2)30(16-20-9-10-22(27)23(28)15-20)25(32)17-31(36(5,34)35)21-13-18(3)12-19(4)14-21/h9-10,12-15,24H,6-8,11,16-17H2,1-5H3,(H,29,33)/t24-/m1/s1. The van der Waals surface area contributed by atoms with Crippen LogP contribution in [-0.4, -0.2) is 50.5 Å². The van der Waals surface area contributed by atoms with Gasteiger partial charge in [0.1, 0.15) is 12.6 Å². The van der Waals surface area contributed by atoms with Crippen LogP contribution in [0, 0.1) is 13.8 Å². The van der Waals surface area contributed by atoms with Gasteiger partial charge in [-0.15, -0.1) is 0 Å². The second-order valence-corrected chi connectivity index (χ2v) is 11.7. The van der Waals surface area contributed by atoms with Crippen molar-refractivity contribution >= 4 is 50.7 Å². The van der Waals surface area contributed by atoms with Crippen LogP contribution in [0.3, 0.4) is 0 Å². The smallest absolute Gasteiger partial charge is 0.244 e. The summed E-state index contributed by atoms with van der Waals surface area (Å²) < 4.78 is 26.6. The minimum Gasteiger partial charge on any atom is -0.354 e. The molecule has 0 unspecified atom stereocenters. The van der Waals surface area contributed by atoms with Gasteiger partial charge in [-0.3, -0.25) is 13.9 Å². The third kappa shape index (κ3) is 8.39. The van der Waals surface area contributed by atoms with E-state index in [1.165, 1.54) is 4.90 Å². The number of anilines is 1. The van der Waals surface area contributed by atoms with Crippen molar-refractivity contribution in [3.63, 3.8) is 0 Å². The molecule has 2 rings (SSSR count). The highest BCUT2D eigenvalue weighted by atomic mass is 35.5. The normalized spacial score (nSPS) is 12.2. The Hall–Kier alpha value is -2.29. The fourth-order valence-electron chi connectivity index (χ4n) is 3.97. The molecule has 2 aromatic rings. The highest BCUT2D eigenvalue weighted by molar-refractivity contribution is 7.92. The van der Waals surface area contributed by atoms with E-state index in [2.05, 4.69) is 5.32 Å². The summed E-state index contributed by atoms with van der Waals surface area (Å²) in [6, 6.07) is 9.58. The summed E-state index contributed by atoms with van der Waals surface area (Å²) in [6.45, 7) is 7.69. The van der Waals surface area contributed by atoms with E-state index >= 15 is 0 Å². The number of amides is 2. The summed E-state index contributed by atoms with van der Waals surface area (Å²) in [5, 5.41) is 3.60. The van der Waals surface area contributed by atoms with Gasteiger partial charge in [-0.05, 0) is 67.6 Å². The second-order valence-electron chi connectivity index (χ2n) is 8.95. The van der Waals surface area contributed by atoms with Crippen molar-refractivity contribution in [3.05, 3.63) is 63.1 Å². The molecule has 198 valence electrons. The molecule has 1 atom stereocenters. The number of aryl methyl sites for hydroxylation is 2. The average Bonchev–Trinajstić information content (AvgIpc) is 2.78. The third-order valence-corrected chi connectivity index (χ3v) is 7.61. The molecule has 0 spiro atoms. The van der Waals surface area contributed by atoms with Gasteiger partial charge in [0.05, 0.1) is 22.0 Å². The molecule has 2 aromatic carbocycles. The monoisotopic (exact) mass is 555 g/mol. The van der Waals surface area contributed by atoms with Crippen LogP contribution in [0.15, 0.2) is 36.4 Å². The zero-order valence-corrected chi connectivity index (χ0v) is 23.8. The average molecular weight is 557 g/mol. The maximum atomic E-state index is 13.7. The van der Waals surface area contributed by atoms with Crippen molar-refractivity contribution < 1.29 is 18.0 Å². The van der Waals surface area contributed by atoms with E-state index in [-0.39, 0.29) is 12.5 Å². The van der Waals surface area contributed by atoms with Crippen LogP contribution in [-0.2, 0) is 26.2 Å². The molecule has 0 fully saturated rings. The molecule has 7 nitrogen and oxygen atoms in total. The first-order valence-corrected chi connectivity index (χ1v) is 14.5. The lowest BCUT2D eigenvalue weighted by molar-refractivity contribution is -0.140. The molecule has 10 heteroatoms. The van der Waals surface area contributed by atoms with Gasteiger partial charge in [-0.25, -0.2) is 8.42 Å². The fraction of sp³-hybridized carbons (Fsp3) is 0.462. The van der Waals surface area contributed by atoms with Gasteiger partial charge in [0.2, 0.25) is 21.8 Å². The molecule has 0 radical (unpaired) electrons. The Labute approximate surface area is 224 Å². The van der Waals surface area contributed by atoms with Crippen LogP contribution in [0.25, 0.3) is 0 Å². The Balaban J connectivity index is 2.46. The topological polar surface area (TPSA) is 86.8 Å². The number of hydrogen-bond donors (Lipinski definition) is 1. The number of carbonyl (C=O) groups is 2. The highest BCUT2D eigenvalue weighted by Gasteiger charge is 2.31. The predicted molar refractivity (Wildman–Crippen MR) is 147 cm³/mol. The largest absolute Gasteiger partial charge is 0.354 e. The first kappa shape index (κ1) is 29.9. The van der Waals surface area contributed by atoms with E-state index in [0.29, 0.717) is 34.3 Å². The molecule has 36 heavy (non-hydrogen) atoms. The molecule has 0 aliphatic rings. The van der Waals surface area contributed by atoms with E-state index in [1.807, 2.05) is 33.8 Å². The van der Waals surface area contributed by atoms with Crippen molar-refractivity contribution in [2.45, 2.75) is 59.5 Å². The first-order chi connectivity index (χ1) is 16.9. The highest BCUT2D eigenvalue weighted by Crippen LogP contribution is 2.25. The zero-order chi connectivity index (χ0) is 27.0. The molecule has 1 N–H and O–H groups in total. The number of benzene rings is 2. The van der Waals surface area contributed by atoms with Crippen LogP contribution in [0.2, 0.25) is 10.0 Å². The number of sulfonamides is 1. The number of nitrogens with one attached hydrogen (secondary N) is 1. The Bertz CT molecular complexity index is 1170. The molecule has 0 saturated carbocycles. The number of rotatable bonds is 12. The van der Waals surface area contributed by atoms with Crippen LogP contribution in [0.5, 0.6) is 0 Å². The van der Waals surface area contributed by atoms with Gasteiger partial charge in [-0.2, -0.15) is 0 Å². The van der Waals surface area contributed by atoms with E-state index < -0.39 is 28.5 Å². The number of unbranched alkanes of at least 4 members (excludes halogenated alkanes) is 1. The first-order valence-electron chi connectivity index (χ1n) is 11.9. The van der Waals surface area contributed by atoms with E-state index in [9.17, 15) is 18.0 Å². The van der Waals surface area contributed by atoms with Gasteiger partial charge in [0.15, 0.2) is 0 Å². The second kappa shape index (κ2) is 13.3. The number of nitrogens with zero attached hydrogens (tertiary/aromatic N) is 2. The zero-order valence-electron chi connectivity index (χ0n) is 21.5. The third-order valence-electron chi connectivity index (χ3n) is 5.73. The summed E-state index contributed by atoms with van der Waals surface area (Å²) in [7, 11) is -3.79. The summed E-state index contributed by atoms with van der Waals surface area (Å²) in [5.74, 6) is -0.778. The van der Waals surface area contributed by atoms with Gasteiger partial charge in [0, 0.05) is 13.1 Å². The van der Waals surface area contributed by atoms with Crippen LogP contribution < -0.4 is 9.62 Å². The van der Waals surface area contributed by atoms with E-state index in [0.717, 1.165) is 34.5 Å². The van der Waals surface area contributed by atoms with Gasteiger partial charge in [-0.1, -0.05) is 55.6 Å². The van der Waals surface area contributed by atoms with Crippen molar-refractivity contribution in [2.24, 2.45) is 0 Å². The van der Waals surface area contributed by atoms with Crippen molar-refractivity contribution in [3.8, 4) is 0 Å². The maximum absolute atomic E-state index is 13.7. The number of hydrogen-bond acceptors (Lipinski definition) is 4. The lowest BCUT2D eigenvalue weighted by atomic mass is 10.1. The minimum absolute atomic E-state index is 0.0693. The lowest BCUT2D eigenvalue weighted by Crippen LogP contribution is -2.52. The van der Waals surface area contributed by atoms with Crippen LogP contribution in [0.1, 0.15) is 49.8 Å². The van der Waals surface area contributed by atoms with Gasteiger partial charge >= 0.3 is 0 Å². The van der Waals surface area contributed by atoms with E-state index in [1.54, 1.807) is 30.3 Å².